The summed E-state index contributed by atoms with van der Waals surface area (Å²) in [6, 6.07) is 18.1. The number of aryl methyl sites for hydroxylation is 1. The fraction of sp³-hybridized carbons (Fsp3) is 0.321. The van der Waals surface area contributed by atoms with E-state index in [1.54, 1.807) is 25.1 Å². The minimum atomic E-state index is 0.0667. The summed E-state index contributed by atoms with van der Waals surface area (Å²) in [4.78, 5) is 22.1. The van der Waals surface area contributed by atoms with E-state index in [1.807, 2.05) is 54.3 Å². The Balaban J connectivity index is 1.26. The van der Waals surface area contributed by atoms with Crippen molar-refractivity contribution in [3.8, 4) is 22.6 Å². The molecule has 8 heteroatoms. The molecule has 0 atom stereocenters. The summed E-state index contributed by atoms with van der Waals surface area (Å²) in [6.45, 7) is 6.06. The first-order chi connectivity index (χ1) is 17.6. The van der Waals surface area contributed by atoms with Crippen molar-refractivity contribution in [1.29, 1.82) is 0 Å². The van der Waals surface area contributed by atoms with Gasteiger partial charge in [-0.2, -0.15) is 5.10 Å². The minimum Gasteiger partial charge on any atom is -0.497 e. The predicted molar refractivity (Wildman–Crippen MR) is 139 cm³/mol. The maximum absolute atomic E-state index is 13.2. The number of pyridine rings is 1. The van der Waals surface area contributed by atoms with E-state index in [9.17, 15) is 4.79 Å². The molecule has 5 rings (SSSR count). The van der Waals surface area contributed by atoms with Crippen LogP contribution in [0.5, 0.6) is 11.5 Å². The van der Waals surface area contributed by atoms with Crippen molar-refractivity contribution in [2.45, 2.75) is 20.0 Å². The number of rotatable bonds is 7. The van der Waals surface area contributed by atoms with Crippen LogP contribution in [0.3, 0.4) is 0 Å². The molecule has 1 saturated heterocycles. The second-order valence-corrected chi connectivity index (χ2v) is 9.04. The smallest absolute Gasteiger partial charge is 0.244 e. The van der Waals surface area contributed by atoms with Gasteiger partial charge in [0.1, 0.15) is 18.0 Å². The van der Waals surface area contributed by atoms with Gasteiger partial charge in [-0.15, -0.1) is 0 Å². The molecule has 186 valence electrons. The van der Waals surface area contributed by atoms with E-state index >= 15 is 0 Å². The van der Waals surface area contributed by atoms with Crippen LogP contribution in [0.1, 0.15) is 11.3 Å². The van der Waals surface area contributed by atoms with Crippen LogP contribution in [0.4, 0.5) is 0 Å². The lowest BCUT2D eigenvalue weighted by atomic mass is 10.0. The zero-order chi connectivity index (χ0) is 25.1. The Morgan fingerprint density at radius 3 is 2.42 bits per heavy atom. The molecule has 8 nitrogen and oxygen atoms in total. The molecule has 2 aromatic carbocycles. The fourth-order valence-corrected chi connectivity index (χ4v) is 4.82. The number of piperazine rings is 1. The highest BCUT2D eigenvalue weighted by Crippen LogP contribution is 2.31. The van der Waals surface area contributed by atoms with Gasteiger partial charge in [-0.3, -0.25) is 9.69 Å². The Bertz CT molecular complexity index is 1360. The first-order valence-corrected chi connectivity index (χ1v) is 12.2. The van der Waals surface area contributed by atoms with Gasteiger partial charge < -0.3 is 14.4 Å². The predicted octanol–water partition coefficient (Wildman–Crippen LogP) is 3.77. The second-order valence-electron chi connectivity index (χ2n) is 9.04. The second kappa shape index (κ2) is 10.4. The number of benzene rings is 2. The molecule has 0 saturated carbocycles. The van der Waals surface area contributed by atoms with Gasteiger partial charge in [0.25, 0.3) is 0 Å². The topological polar surface area (TPSA) is 72.7 Å². The van der Waals surface area contributed by atoms with Gasteiger partial charge in [0, 0.05) is 44.3 Å². The molecule has 0 bridgehead atoms. The lowest BCUT2D eigenvalue weighted by Gasteiger charge is -2.34. The average Bonchev–Trinajstić information content (AvgIpc) is 3.24. The first-order valence-electron chi connectivity index (χ1n) is 12.2. The van der Waals surface area contributed by atoms with E-state index < -0.39 is 0 Å². The third-order valence-electron chi connectivity index (χ3n) is 6.76. The van der Waals surface area contributed by atoms with Gasteiger partial charge >= 0.3 is 0 Å². The molecule has 0 N–H and O–H groups in total. The van der Waals surface area contributed by atoms with E-state index in [2.05, 4.69) is 22.0 Å². The zero-order valence-electron chi connectivity index (χ0n) is 21.0. The third kappa shape index (κ3) is 4.90. The maximum Gasteiger partial charge on any atom is 0.244 e. The molecule has 0 aliphatic carbocycles. The van der Waals surface area contributed by atoms with Gasteiger partial charge in [0.2, 0.25) is 5.91 Å². The Hall–Kier alpha value is -3.91. The normalized spacial score (nSPS) is 14.2. The van der Waals surface area contributed by atoms with Crippen molar-refractivity contribution < 1.29 is 14.3 Å². The monoisotopic (exact) mass is 485 g/mol. The molecule has 36 heavy (non-hydrogen) atoms. The Kier molecular flexibility index (Phi) is 6.86. The third-order valence-corrected chi connectivity index (χ3v) is 6.76. The molecular weight excluding hydrogens is 454 g/mol. The Labute approximate surface area is 211 Å². The summed E-state index contributed by atoms with van der Waals surface area (Å²) in [7, 11) is 3.34. The van der Waals surface area contributed by atoms with Crippen LogP contribution in [0.2, 0.25) is 0 Å². The van der Waals surface area contributed by atoms with Crippen LogP contribution in [-0.2, 0) is 17.9 Å². The molecule has 0 radical (unpaired) electrons. The molecule has 3 heterocycles. The van der Waals surface area contributed by atoms with Crippen molar-refractivity contribution in [3.05, 3.63) is 72.1 Å². The van der Waals surface area contributed by atoms with E-state index in [4.69, 9.17) is 14.6 Å². The number of nitrogens with zero attached hydrogens (tertiary/aromatic N) is 5. The van der Waals surface area contributed by atoms with Crippen LogP contribution >= 0.6 is 0 Å². The number of hydrogen-bond acceptors (Lipinski definition) is 6. The van der Waals surface area contributed by atoms with Crippen molar-refractivity contribution in [1.82, 2.24) is 24.6 Å². The number of carbonyl (C=O) groups excluding carboxylic acids is 1. The van der Waals surface area contributed by atoms with E-state index in [1.165, 1.54) is 5.56 Å². The molecule has 4 aromatic rings. The van der Waals surface area contributed by atoms with E-state index in [-0.39, 0.29) is 12.5 Å². The number of fused-ring (bicyclic) bond motifs is 1. The molecule has 1 aliphatic rings. The van der Waals surface area contributed by atoms with Crippen LogP contribution in [0, 0.1) is 6.92 Å². The van der Waals surface area contributed by atoms with Crippen molar-refractivity contribution >= 4 is 16.9 Å². The van der Waals surface area contributed by atoms with Gasteiger partial charge in [-0.1, -0.05) is 24.3 Å². The van der Waals surface area contributed by atoms with Crippen LogP contribution < -0.4 is 9.47 Å². The average molecular weight is 486 g/mol. The summed E-state index contributed by atoms with van der Waals surface area (Å²) in [6.07, 6.45) is 1.78. The van der Waals surface area contributed by atoms with Gasteiger partial charge in [-0.05, 0) is 53.9 Å². The van der Waals surface area contributed by atoms with Crippen LogP contribution in [0.25, 0.3) is 22.2 Å². The highest BCUT2D eigenvalue weighted by atomic mass is 16.5. The number of aromatic nitrogens is 3. The number of carbonyl (C=O) groups is 1. The molecule has 2 aromatic heterocycles. The van der Waals surface area contributed by atoms with Gasteiger partial charge in [0.15, 0.2) is 5.65 Å². The lowest BCUT2D eigenvalue weighted by molar-refractivity contribution is -0.133. The highest BCUT2D eigenvalue weighted by molar-refractivity contribution is 5.95. The largest absolute Gasteiger partial charge is 0.497 e. The number of ether oxygens (including phenoxy) is 2. The summed E-state index contributed by atoms with van der Waals surface area (Å²) < 4.78 is 12.4. The van der Waals surface area contributed by atoms with Gasteiger partial charge in [-0.25, -0.2) is 9.67 Å². The summed E-state index contributed by atoms with van der Waals surface area (Å²) in [5.74, 6) is 1.74. The van der Waals surface area contributed by atoms with Crippen LogP contribution in [-0.4, -0.2) is 70.9 Å². The molecular formula is C28H31N5O3. The molecule has 1 fully saturated rings. The quantitative estimate of drug-likeness (QED) is 0.397. The number of methoxy groups -OCH3 is 2. The molecule has 1 amide bonds. The van der Waals surface area contributed by atoms with Crippen molar-refractivity contribution in [3.63, 3.8) is 0 Å². The SMILES string of the molecule is COc1ccc(-c2ccnc3c2c(C)nn3CC(=O)N2CCN(Cc3cccc(OC)c3)CC2)cc1. The van der Waals surface area contributed by atoms with Gasteiger partial charge in [0.05, 0.1) is 19.9 Å². The maximum atomic E-state index is 13.2. The first kappa shape index (κ1) is 23.8. The summed E-state index contributed by atoms with van der Waals surface area (Å²) >= 11 is 0. The summed E-state index contributed by atoms with van der Waals surface area (Å²) in [5, 5.41) is 5.66. The minimum absolute atomic E-state index is 0.0667. The number of hydrogen-bond donors (Lipinski definition) is 0. The van der Waals surface area contributed by atoms with Crippen LogP contribution in [0.15, 0.2) is 60.8 Å². The molecule has 1 aliphatic heterocycles. The lowest BCUT2D eigenvalue weighted by Crippen LogP contribution is -2.49. The Morgan fingerprint density at radius 2 is 1.69 bits per heavy atom. The molecule has 0 spiro atoms. The van der Waals surface area contributed by atoms with E-state index in [0.717, 1.165) is 59.0 Å². The fourth-order valence-electron chi connectivity index (χ4n) is 4.82. The summed E-state index contributed by atoms with van der Waals surface area (Å²) in [5.41, 5.74) is 4.91. The highest BCUT2D eigenvalue weighted by Gasteiger charge is 2.23. The van der Waals surface area contributed by atoms with Crippen molar-refractivity contribution in [2.75, 3.05) is 40.4 Å². The van der Waals surface area contributed by atoms with Crippen molar-refractivity contribution in [2.24, 2.45) is 0 Å². The number of amides is 1. The Morgan fingerprint density at radius 1 is 0.944 bits per heavy atom. The van der Waals surface area contributed by atoms with E-state index in [0.29, 0.717) is 13.1 Å². The zero-order valence-corrected chi connectivity index (χ0v) is 21.0. The molecule has 0 unspecified atom stereocenters. The standard InChI is InChI=1S/C28H31N5O3/c1-20-27-25(22-7-9-23(35-2)10-8-22)11-12-29-28(27)33(30-20)19-26(34)32-15-13-31(14-16-32)18-21-5-4-6-24(17-21)36-3/h4-12,17H,13-16,18-19H2,1-3H3.